The molecule has 0 saturated carbocycles. The Morgan fingerprint density at radius 2 is 1.69 bits per heavy atom. The fraction of sp³-hybridized carbons (Fsp3) is 0.435. The van der Waals surface area contributed by atoms with Gasteiger partial charge in [-0.15, -0.1) is 0 Å². The molecule has 1 N–H and O–H groups in total. The van der Waals surface area contributed by atoms with E-state index in [1.54, 1.807) is 7.11 Å². The van der Waals surface area contributed by atoms with Crippen molar-refractivity contribution >= 4 is 15.9 Å². The van der Waals surface area contributed by atoms with Crippen LogP contribution in [0.15, 0.2) is 47.4 Å². The first-order valence-electron chi connectivity index (χ1n) is 10.5. The number of hydrogen-bond donors (Lipinski definition) is 1. The molecule has 1 heterocycles. The molecule has 1 amide bonds. The minimum Gasteiger partial charge on any atom is -0.497 e. The molecule has 1 atom stereocenters. The number of methoxy groups -OCH3 is 2. The van der Waals surface area contributed by atoms with Crippen molar-refractivity contribution in [1.29, 1.82) is 0 Å². The second-order valence-electron chi connectivity index (χ2n) is 7.85. The Bertz CT molecular complexity index is 1030. The van der Waals surface area contributed by atoms with E-state index in [0.717, 1.165) is 11.3 Å². The SMILES string of the molecule is COc1ccc(C(NC(=O)c2cc(S(=O)(=O)N3CCOCC3)ccc2OC)C(C)C)cc1. The number of nitrogens with zero attached hydrogens (tertiary/aromatic N) is 1. The lowest BCUT2D eigenvalue weighted by Crippen LogP contribution is -2.40. The quantitative estimate of drug-likeness (QED) is 0.648. The second kappa shape index (κ2) is 10.3. The number of nitrogens with one attached hydrogen (secondary N) is 1. The molecule has 1 aliphatic rings. The molecule has 2 aromatic rings. The molecular weight excluding hydrogens is 432 g/mol. The van der Waals surface area contributed by atoms with Gasteiger partial charge >= 0.3 is 0 Å². The highest BCUT2D eigenvalue weighted by Gasteiger charge is 2.29. The predicted molar refractivity (Wildman–Crippen MR) is 121 cm³/mol. The van der Waals surface area contributed by atoms with E-state index in [1.807, 2.05) is 38.1 Å². The maximum Gasteiger partial charge on any atom is 0.255 e. The first kappa shape index (κ1) is 24.0. The van der Waals surface area contributed by atoms with Crippen molar-refractivity contribution in [3.8, 4) is 11.5 Å². The van der Waals surface area contributed by atoms with Crippen molar-refractivity contribution in [3.63, 3.8) is 0 Å². The summed E-state index contributed by atoms with van der Waals surface area (Å²) in [4.78, 5) is 13.3. The summed E-state index contributed by atoms with van der Waals surface area (Å²) >= 11 is 0. The highest BCUT2D eigenvalue weighted by atomic mass is 32.2. The molecule has 0 aliphatic carbocycles. The lowest BCUT2D eigenvalue weighted by molar-refractivity contribution is 0.0730. The molecular formula is C23H30N2O6S. The average Bonchev–Trinajstić information content (AvgIpc) is 2.82. The van der Waals surface area contributed by atoms with E-state index in [9.17, 15) is 13.2 Å². The molecule has 32 heavy (non-hydrogen) atoms. The minimum atomic E-state index is -3.74. The van der Waals surface area contributed by atoms with Crippen LogP contribution in [0.25, 0.3) is 0 Å². The van der Waals surface area contributed by atoms with Gasteiger partial charge in [-0.2, -0.15) is 4.31 Å². The normalized spacial score (nSPS) is 15.9. The molecule has 1 aliphatic heterocycles. The Kier molecular flexibility index (Phi) is 7.76. The number of rotatable bonds is 8. The summed E-state index contributed by atoms with van der Waals surface area (Å²) in [5.41, 5.74) is 1.09. The van der Waals surface area contributed by atoms with E-state index in [-0.39, 0.29) is 35.5 Å². The zero-order chi connectivity index (χ0) is 23.3. The van der Waals surface area contributed by atoms with Crippen LogP contribution in [-0.2, 0) is 14.8 Å². The third kappa shape index (κ3) is 5.23. The Morgan fingerprint density at radius 3 is 2.25 bits per heavy atom. The lowest BCUT2D eigenvalue weighted by atomic mass is 9.95. The van der Waals surface area contributed by atoms with Crippen LogP contribution in [0, 0.1) is 5.92 Å². The van der Waals surface area contributed by atoms with Gasteiger partial charge in [0.25, 0.3) is 5.91 Å². The van der Waals surface area contributed by atoms with Crippen LogP contribution >= 0.6 is 0 Å². The van der Waals surface area contributed by atoms with Gasteiger partial charge in [-0.05, 0) is 41.8 Å². The van der Waals surface area contributed by atoms with Gasteiger partial charge in [0.2, 0.25) is 10.0 Å². The van der Waals surface area contributed by atoms with Gasteiger partial charge in [0.15, 0.2) is 0 Å². The topological polar surface area (TPSA) is 94.2 Å². The summed E-state index contributed by atoms with van der Waals surface area (Å²) in [5, 5.41) is 3.03. The predicted octanol–water partition coefficient (Wildman–Crippen LogP) is 2.85. The zero-order valence-corrected chi connectivity index (χ0v) is 19.6. The first-order valence-corrected chi connectivity index (χ1v) is 11.9. The van der Waals surface area contributed by atoms with Gasteiger partial charge < -0.3 is 19.5 Å². The number of sulfonamides is 1. The molecule has 9 heteroatoms. The van der Waals surface area contributed by atoms with Crippen LogP contribution < -0.4 is 14.8 Å². The molecule has 2 aromatic carbocycles. The molecule has 1 fully saturated rings. The summed E-state index contributed by atoms with van der Waals surface area (Å²) < 4.78 is 43.3. The summed E-state index contributed by atoms with van der Waals surface area (Å²) in [6.07, 6.45) is 0. The monoisotopic (exact) mass is 462 g/mol. The van der Waals surface area contributed by atoms with Crippen molar-refractivity contribution < 1.29 is 27.4 Å². The maximum atomic E-state index is 13.2. The number of carbonyl (C=O) groups excluding carboxylic acids is 1. The summed E-state index contributed by atoms with van der Waals surface area (Å²) in [7, 11) is -0.696. The summed E-state index contributed by atoms with van der Waals surface area (Å²) in [6.45, 7) is 5.27. The third-order valence-electron chi connectivity index (χ3n) is 5.45. The number of benzene rings is 2. The van der Waals surface area contributed by atoms with Crippen LogP contribution in [0.4, 0.5) is 0 Å². The van der Waals surface area contributed by atoms with E-state index in [0.29, 0.717) is 19.0 Å². The molecule has 174 valence electrons. The summed E-state index contributed by atoms with van der Waals surface area (Å²) in [6, 6.07) is 11.6. The molecule has 0 bridgehead atoms. The minimum absolute atomic E-state index is 0.0518. The number of hydrogen-bond acceptors (Lipinski definition) is 6. The van der Waals surface area contributed by atoms with Crippen molar-refractivity contribution in [2.24, 2.45) is 5.92 Å². The number of morpholine rings is 1. The molecule has 0 spiro atoms. The Labute approximate surface area is 189 Å². The van der Waals surface area contributed by atoms with Gasteiger partial charge in [0, 0.05) is 13.1 Å². The standard InChI is InChI=1S/C23H30N2O6S/c1-16(2)22(17-5-7-18(29-3)8-6-17)24-23(26)20-15-19(9-10-21(20)30-4)32(27,28)25-11-13-31-14-12-25/h5-10,15-16,22H,11-14H2,1-4H3,(H,24,26). The smallest absolute Gasteiger partial charge is 0.255 e. The van der Waals surface area contributed by atoms with Gasteiger partial charge in [0.1, 0.15) is 11.5 Å². The largest absolute Gasteiger partial charge is 0.497 e. The first-order chi connectivity index (χ1) is 15.3. The van der Waals surface area contributed by atoms with Crippen LogP contribution in [-0.4, -0.2) is 59.2 Å². The number of amides is 1. The van der Waals surface area contributed by atoms with Crippen LogP contribution in [0.1, 0.15) is 35.8 Å². The van der Waals surface area contributed by atoms with Gasteiger partial charge in [-0.1, -0.05) is 26.0 Å². The number of carbonyl (C=O) groups is 1. The molecule has 1 unspecified atom stereocenters. The van der Waals surface area contributed by atoms with E-state index in [1.165, 1.54) is 29.6 Å². The lowest BCUT2D eigenvalue weighted by Gasteiger charge is -2.26. The van der Waals surface area contributed by atoms with Crippen LogP contribution in [0.2, 0.25) is 0 Å². The van der Waals surface area contributed by atoms with Crippen molar-refractivity contribution in [2.45, 2.75) is 24.8 Å². The fourth-order valence-corrected chi connectivity index (χ4v) is 5.06. The van der Waals surface area contributed by atoms with Crippen molar-refractivity contribution in [3.05, 3.63) is 53.6 Å². The van der Waals surface area contributed by atoms with Crippen LogP contribution in [0.3, 0.4) is 0 Å². The number of ether oxygens (including phenoxy) is 3. The van der Waals surface area contributed by atoms with E-state index in [4.69, 9.17) is 14.2 Å². The molecule has 1 saturated heterocycles. The molecule has 0 radical (unpaired) electrons. The highest BCUT2D eigenvalue weighted by Crippen LogP contribution is 2.28. The van der Waals surface area contributed by atoms with E-state index < -0.39 is 15.9 Å². The fourth-order valence-electron chi connectivity index (χ4n) is 3.63. The average molecular weight is 463 g/mol. The van der Waals surface area contributed by atoms with E-state index in [2.05, 4.69) is 5.32 Å². The van der Waals surface area contributed by atoms with Gasteiger partial charge in [-0.3, -0.25) is 4.79 Å². The van der Waals surface area contributed by atoms with Crippen molar-refractivity contribution in [1.82, 2.24) is 9.62 Å². The van der Waals surface area contributed by atoms with Gasteiger partial charge in [-0.25, -0.2) is 8.42 Å². The second-order valence-corrected chi connectivity index (χ2v) is 9.78. The highest BCUT2D eigenvalue weighted by molar-refractivity contribution is 7.89. The third-order valence-corrected chi connectivity index (χ3v) is 7.35. The Balaban J connectivity index is 1.90. The van der Waals surface area contributed by atoms with Gasteiger partial charge in [0.05, 0.1) is 43.9 Å². The van der Waals surface area contributed by atoms with E-state index >= 15 is 0 Å². The maximum absolute atomic E-state index is 13.2. The molecule has 3 rings (SSSR count). The molecule has 8 nitrogen and oxygen atoms in total. The van der Waals surface area contributed by atoms with Crippen molar-refractivity contribution in [2.75, 3.05) is 40.5 Å². The summed E-state index contributed by atoms with van der Waals surface area (Å²) in [5.74, 6) is 0.722. The zero-order valence-electron chi connectivity index (χ0n) is 18.8. The van der Waals surface area contributed by atoms with Crippen LogP contribution in [0.5, 0.6) is 11.5 Å². The Morgan fingerprint density at radius 1 is 1.03 bits per heavy atom. The Hall–Kier alpha value is -2.62. The molecule has 0 aromatic heterocycles.